The molecule has 34 heavy (non-hydrogen) atoms. The van der Waals surface area contributed by atoms with E-state index in [2.05, 4.69) is 46.4 Å². The van der Waals surface area contributed by atoms with Gasteiger partial charge in [0.2, 0.25) is 0 Å². The van der Waals surface area contributed by atoms with Crippen LogP contribution in [0.3, 0.4) is 0 Å². The van der Waals surface area contributed by atoms with Crippen LogP contribution in [0.15, 0.2) is 60.8 Å². The van der Waals surface area contributed by atoms with E-state index in [-0.39, 0.29) is 11.9 Å². The standard InChI is InChI=1S/C27H32N4O3/c1-34-18-17-30-25(32)27(31(26(30)33)14-11-21-7-3-2-4-8-21)12-15-29(16-13-27)20-22-19-28-24-10-6-5-9-23(22)24/h2-10,19,28H,11-18,20H2,1H3. The van der Waals surface area contributed by atoms with Crippen molar-refractivity contribution in [1.82, 2.24) is 19.7 Å². The molecule has 3 amide bonds. The van der Waals surface area contributed by atoms with Crippen LogP contribution in [0.4, 0.5) is 4.79 Å². The lowest BCUT2D eigenvalue weighted by atomic mass is 9.85. The number of nitrogens with one attached hydrogen (secondary N) is 1. The van der Waals surface area contributed by atoms with Crippen LogP contribution in [0, 0.1) is 0 Å². The Morgan fingerprint density at radius 3 is 2.47 bits per heavy atom. The molecule has 1 aromatic heterocycles. The van der Waals surface area contributed by atoms with E-state index in [0.717, 1.165) is 31.6 Å². The number of fused-ring (bicyclic) bond motifs is 1. The predicted molar refractivity (Wildman–Crippen MR) is 131 cm³/mol. The number of H-pyrrole nitrogens is 1. The first-order valence-corrected chi connectivity index (χ1v) is 12.1. The topological polar surface area (TPSA) is 68.9 Å². The van der Waals surface area contributed by atoms with Crippen LogP contribution < -0.4 is 0 Å². The molecule has 2 aliphatic heterocycles. The molecule has 0 radical (unpaired) electrons. The van der Waals surface area contributed by atoms with E-state index in [9.17, 15) is 9.59 Å². The molecular weight excluding hydrogens is 428 g/mol. The van der Waals surface area contributed by atoms with Crippen LogP contribution in [0.25, 0.3) is 10.9 Å². The van der Waals surface area contributed by atoms with Gasteiger partial charge in [0.15, 0.2) is 0 Å². The average molecular weight is 461 g/mol. The third-order valence-electron chi connectivity index (χ3n) is 7.36. The van der Waals surface area contributed by atoms with Crippen molar-refractivity contribution in [3.05, 3.63) is 71.9 Å². The Morgan fingerprint density at radius 1 is 0.971 bits per heavy atom. The molecule has 2 fully saturated rings. The van der Waals surface area contributed by atoms with Gasteiger partial charge in [-0.05, 0) is 36.5 Å². The van der Waals surface area contributed by atoms with E-state index in [1.807, 2.05) is 29.2 Å². The molecule has 7 heteroatoms. The van der Waals surface area contributed by atoms with E-state index >= 15 is 0 Å². The second-order valence-corrected chi connectivity index (χ2v) is 9.29. The maximum atomic E-state index is 13.6. The lowest BCUT2D eigenvalue weighted by molar-refractivity contribution is -0.136. The highest BCUT2D eigenvalue weighted by Crippen LogP contribution is 2.38. The van der Waals surface area contributed by atoms with Crippen molar-refractivity contribution >= 4 is 22.8 Å². The molecule has 0 unspecified atom stereocenters. The number of carbonyl (C=O) groups is 2. The fourth-order valence-electron chi connectivity index (χ4n) is 5.43. The van der Waals surface area contributed by atoms with E-state index in [1.54, 1.807) is 7.11 Å². The molecule has 2 aliphatic rings. The van der Waals surface area contributed by atoms with Gasteiger partial charge in [-0.15, -0.1) is 0 Å². The Morgan fingerprint density at radius 2 is 1.71 bits per heavy atom. The summed E-state index contributed by atoms with van der Waals surface area (Å²) in [6.45, 7) is 3.58. The van der Waals surface area contributed by atoms with Gasteiger partial charge in [0, 0.05) is 50.4 Å². The highest BCUT2D eigenvalue weighted by Gasteiger charge is 2.57. The number of aromatic amines is 1. The first-order chi connectivity index (χ1) is 16.6. The number of amides is 3. The molecule has 3 aromatic rings. The van der Waals surface area contributed by atoms with Crippen molar-refractivity contribution in [3.8, 4) is 0 Å². The number of para-hydroxylation sites is 1. The Balaban J connectivity index is 1.32. The SMILES string of the molecule is COCCN1C(=O)N(CCc2ccccc2)C2(CCN(Cc3c[nH]c4ccccc34)CC2)C1=O. The van der Waals surface area contributed by atoms with Crippen LogP contribution in [-0.2, 0) is 22.5 Å². The van der Waals surface area contributed by atoms with Crippen molar-refractivity contribution in [2.24, 2.45) is 0 Å². The smallest absolute Gasteiger partial charge is 0.327 e. The van der Waals surface area contributed by atoms with Gasteiger partial charge < -0.3 is 14.6 Å². The Bertz CT molecular complexity index is 1150. The van der Waals surface area contributed by atoms with Gasteiger partial charge in [-0.2, -0.15) is 0 Å². The molecule has 2 aromatic carbocycles. The third kappa shape index (κ3) is 4.10. The van der Waals surface area contributed by atoms with E-state index < -0.39 is 5.54 Å². The number of aromatic nitrogens is 1. The van der Waals surface area contributed by atoms with Crippen molar-refractivity contribution in [2.75, 3.05) is 39.9 Å². The number of rotatable bonds is 8. The number of likely N-dealkylation sites (tertiary alicyclic amines) is 1. The summed E-state index contributed by atoms with van der Waals surface area (Å²) >= 11 is 0. The predicted octanol–water partition coefficient (Wildman–Crippen LogP) is 3.66. The second-order valence-electron chi connectivity index (χ2n) is 9.29. The first kappa shape index (κ1) is 22.6. The molecule has 2 saturated heterocycles. The zero-order chi connectivity index (χ0) is 23.5. The highest BCUT2D eigenvalue weighted by atomic mass is 16.5. The number of imide groups is 1. The first-order valence-electron chi connectivity index (χ1n) is 12.1. The summed E-state index contributed by atoms with van der Waals surface area (Å²) in [6.07, 6.45) is 4.12. The third-order valence-corrected chi connectivity index (χ3v) is 7.36. The monoisotopic (exact) mass is 460 g/mol. The molecule has 0 aliphatic carbocycles. The van der Waals surface area contributed by atoms with Gasteiger partial charge in [-0.1, -0.05) is 48.5 Å². The summed E-state index contributed by atoms with van der Waals surface area (Å²) in [5.41, 5.74) is 2.83. The van der Waals surface area contributed by atoms with Gasteiger partial charge >= 0.3 is 6.03 Å². The largest absolute Gasteiger partial charge is 0.383 e. The lowest BCUT2D eigenvalue weighted by Crippen LogP contribution is -2.56. The number of ether oxygens (including phenoxy) is 1. The summed E-state index contributed by atoms with van der Waals surface area (Å²) in [4.78, 5) is 36.0. The van der Waals surface area contributed by atoms with Crippen LogP contribution >= 0.6 is 0 Å². The van der Waals surface area contributed by atoms with Crippen molar-refractivity contribution in [2.45, 2.75) is 31.3 Å². The quantitative estimate of drug-likeness (QED) is 0.521. The minimum Gasteiger partial charge on any atom is -0.383 e. The van der Waals surface area contributed by atoms with Crippen LogP contribution in [0.2, 0.25) is 0 Å². The maximum Gasteiger partial charge on any atom is 0.327 e. The minimum absolute atomic E-state index is 0.0608. The van der Waals surface area contributed by atoms with E-state index in [0.29, 0.717) is 32.5 Å². The molecule has 1 N–H and O–H groups in total. The van der Waals surface area contributed by atoms with Gasteiger partial charge in [-0.25, -0.2) is 4.79 Å². The molecule has 0 bridgehead atoms. The van der Waals surface area contributed by atoms with E-state index in [1.165, 1.54) is 21.4 Å². The fourth-order valence-corrected chi connectivity index (χ4v) is 5.43. The second kappa shape index (κ2) is 9.60. The van der Waals surface area contributed by atoms with Crippen LogP contribution in [0.5, 0.6) is 0 Å². The molecule has 178 valence electrons. The van der Waals surface area contributed by atoms with Crippen LogP contribution in [0.1, 0.15) is 24.0 Å². The number of hydrogen-bond donors (Lipinski definition) is 1. The number of benzene rings is 2. The Hall–Kier alpha value is -3.16. The molecule has 3 heterocycles. The maximum absolute atomic E-state index is 13.6. The summed E-state index contributed by atoms with van der Waals surface area (Å²) in [6, 6.07) is 18.3. The van der Waals surface area contributed by atoms with Gasteiger partial charge in [-0.3, -0.25) is 14.6 Å². The molecule has 0 atom stereocenters. The number of hydrogen-bond acceptors (Lipinski definition) is 4. The van der Waals surface area contributed by atoms with Crippen molar-refractivity contribution in [1.29, 1.82) is 0 Å². The van der Waals surface area contributed by atoms with E-state index in [4.69, 9.17) is 4.74 Å². The number of nitrogens with zero attached hydrogens (tertiary/aromatic N) is 3. The highest BCUT2D eigenvalue weighted by molar-refractivity contribution is 6.07. The molecule has 7 nitrogen and oxygen atoms in total. The number of urea groups is 1. The Labute approximate surface area is 200 Å². The zero-order valence-electron chi connectivity index (χ0n) is 19.7. The molecular formula is C27H32N4O3. The van der Waals surface area contributed by atoms with Gasteiger partial charge in [0.05, 0.1) is 13.2 Å². The van der Waals surface area contributed by atoms with Crippen molar-refractivity contribution < 1.29 is 14.3 Å². The normalized spacial score (nSPS) is 18.5. The summed E-state index contributed by atoms with van der Waals surface area (Å²) in [7, 11) is 1.59. The minimum atomic E-state index is -0.754. The van der Waals surface area contributed by atoms with Gasteiger partial charge in [0.1, 0.15) is 5.54 Å². The molecule has 0 saturated carbocycles. The molecule has 1 spiro atoms. The fraction of sp³-hybridized carbons (Fsp3) is 0.407. The Kier molecular flexibility index (Phi) is 6.39. The number of methoxy groups -OCH3 is 1. The summed E-state index contributed by atoms with van der Waals surface area (Å²) < 4.78 is 5.18. The molecule has 5 rings (SSSR count). The summed E-state index contributed by atoms with van der Waals surface area (Å²) in [5.74, 6) is -0.0608. The van der Waals surface area contributed by atoms with Crippen LogP contribution in [-0.4, -0.2) is 77.1 Å². The summed E-state index contributed by atoms with van der Waals surface area (Å²) in [5, 5.41) is 1.24. The van der Waals surface area contributed by atoms with Crippen molar-refractivity contribution in [3.63, 3.8) is 0 Å². The zero-order valence-corrected chi connectivity index (χ0v) is 19.7. The number of carbonyl (C=O) groups excluding carboxylic acids is 2. The average Bonchev–Trinajstić information content (AvgIpc) is 3.36. The number of piperidine rings is 1. The lowest BCUT2D eigenvalue weighted by Gasteiger charge is -2.42. The van der Waals surface area contributed by atoms with Gasteiger partial charge in [0.25, 0.3) is 5.91 Å².